The van der Waals surface area contributed by atoms with Gasteiger partial charge in [-0.25, -0.2) is 4.98 Å². The van der Waals surface area contributed by atoms with E-state index in [0.29, 0.717) is 13.1 Å². The van der Waals surface area contributed by atoms with Crippen molar-refractivity contribution < 1.29 is 4.79 Å². The van der Waals surface area contributed by atoms with Gasteiger partial charge in [0.15, 0.2) is 0 Å². The second-order valence-corrected chi connectivity index (χ2v) is 7.42. The normalized spacial score (nSPS) is 17.1. The number of carbonyl (C=O) groups excluding carboxylic acids is 1. The van der Waals surface area contributed by atoms with Crippen molar-refractivity contribution in [3.63, 3.8) is 0 Å². The largest absolute Gasteiger partial charge is 0.340 e. The molecule has 0 spiro atoms. The number of rotatable bonds is 5. The van der Waals surface area contributed by atoms with Crippen LogP contribution in [0.1, 0.15) is 35.8 Å². The Morgan fingerprint density at radius 2 is 2.26 bits per heavy atom. The van der Waals surface area contributed by atoms with Crippen LogP contribution >= 0.6 is 0 Å². The van der Waals surface area contributed by atoms with Crippen LogP contribution in [0.15, 0.2) is 42.7 Å². The van der Waals surface area contributed by atoms with Crippen LogP contribution in [0, 0.1) is 6.92 Å². The topological polar surface area (TPSA) is 65.1 Å². The van der Waals surface area contributed by atoms with Gasteiger partial charge in [0.05, 0.1) is 23.6 Å². The van der Waals surface area contributed by atoms with Gasteiger partial charge in [-0.3, -0.25) is 14.7 Å². The van der Waals surface area contributed by atoms with Crippen LogP contribution in [0.5, 0.6) is 0 Å². The van der Waals surface area contributed by atoms with Gasteiger partial charge in [0.1, 0.15) is 5.82 Å². The minimum absolute atomic E-state index is 0.0389. The van der Waals surface area contributed by atoms with Gasteiger partial charge in [0.2, 0.25) is 5.91 Å². The summed E-state index contributed by atoms with van der Waals surface area (Å²) in [6.07, 6.45) is 5.57. The molecule has 1 aliphatic rings. The van der Waals surface area contributed by atoms with Gasteiger partial charge < -0.3 is 9.88 Å². The number of aryl methyl sites for hydroxylation is 1. The van der Waals surface area contributed by atoms with Gasteiger partial charge in [0.25, 0.3) is 0 Å². The maximum Gasteiger partial charge on any atom is 0.237 e. The smallest absolute Gasteiger partial charge is 0.237 e. The molecule has 27 heavy (non-hydrogen) atoms. The molecule has 1 saturated heterocycles. The SMILES string of the molecule is Cc1ccc2nc([C@@H]3CCCN3C(=O)CN(C)Cc3cccnc3)[nH]c2c1. The zero-order valence-corrected chi connectivity index (χ0v) is 15.9. The molecule has 1 aromatic carbocycles. The molecule has 1 fully saturated rings. The second kappa shape index (κ2) is 7.48. The van der Waals surface area contributed by atoms with Crippen molar-refractivity contribution in [3.8, 4) is 0 Å². The molecule has 0 bridgehead atoms. The van der Waals surface area contributed by atoms with E-state index in [1.54, 1.807) is 6.20 Å². The molecule has 0 saturated carbocycles. The predicted octanol–water partition coefficient (Wildman–Crippen LogP) is 3.06. The molecule has 4 rings (SSSR count). The van der Waals surface area contributed by atoms with Crippen LogP contribution in [0.4, 0.5) is 0 Å². The van der Waals surface area contributed by atoms with Gasteiger partial charge in [0, 0.05) is 25.5 Å². The molecule has 0 unspecified atom stereocenters. The first-order valence-corrected chi connectivity index (χ1v) is 9.43. The maximum absolute atomic E-state index is 12.9. The Bertz CT molecular complexity index is 936. The highest BCUT2D eigenvalue weighted by Gasteiger charge is 2.32. The molecule has 0 aliphatic carbocycles. The molecule has 6 heteroatoms. The summed E-state index contributed by atoms with van der Waals surface area (Å²) in [6, 6.07) is 10.2. The number of fused-ring (bicyclic) bond motifs is 1. The Balaban J connectivity index is 1.46. The highest BCUT2D eigenvalue weighted by molar-refractivity contribution is 5.79. The van der Waals surface area contributed by atoms with E-state index in [9.17, 15) is 4.79 Å². The van der Waals surface area contributed by atoms with Crippen molar-refractivity contribution in [2.45, 2.75) is 32.4 Å². The first-order chi connectivity index (χ1) is 13.1. The number of aromatic amines is 1. The number of carbonyl (C=O) groups is 1. The van der Waals surface area contributed by atoms with Gasteiger partial charge in [-0.05, 0) is 56.1 Å². The number of hydrogen-bond acceptors (Lipinski definition) is 4. The highest BCUT2D eigenvalue weighted by Crippen LogP contribution is 2.31. The van der Waals surface area contributed by atoms with Gasteiger partial charge >= 0.3 is 0 Å². The zero-order valence-electron chi connectivity index (χ0n) is 15.9. The van der Waals surface area contributed by atoms with E-state index in [1.165, 1.54) is 5.56 Å². The second-order valence-electron chi connectivity index (χ2n) is 7.42. The van der Waals surface area contributed by atoms with Gasteiger partial charge in [-0.15, -0.1) is 0 Å². The zero-order chi connectivity index (χ0) is 18.8. The van der Waals surface area contributed by atoms with E-state index in [2.05, 4.69) is 29.0 Å². The van der Waals surface area contributed by atoms with Crippen LogP contribution in [-0.4, -0.2) is 50.8 Å². The summed E-state index contributed by atoms with van der Waals surface area (Å²) < 4.78 is 0. The van der Waals surface area contributed by atoms with Crippen LogP contribution in [0.3, 0.4) is 0 Å². The fraction of sp³-hybridized carbons (Fsp3) is 0.381. The average Bonchev–Trinajstić information content (AvgIpc) is 3.28. The Morgan fingerprint density at radius 1 is 1.37 bits per heavy atom. The predicted molar refractivity (Wildman–Crippen MR) is 105 cm³/mol. The van der Waals surface area contributed by atoms with Crippen molar-refractivity contribution in [2.24, 2.45) is 0 Å². The lowest BCUT2D eigenvalue weighted by Gasteiger charge is -2.26. The fourth-order valence-electron chi connectivity index (χ4n) is 3.83. The van der Waals surface area contributed by atoms with Crippen molar-refractivity contribution in [1.82, 2.24) is 24.8 Å². The van der Waals surface area contributed by atoms with Crippen molar-refractivity contribution in [3.05, 3.63) is 59.7 Å². The average molecular weight is 363 g/mol. The third-order valence-electron chi connectivity index (χ3n) is 5.12. The standard InChI is InChI=1S/C21H25N5O/c1-15-7-8-17-18(11-15)24-21(23-17)19-6-4-10-26(19)20(27)14-25(2)13-16-5-3-9-22-12-16/h3,5,7-9,11-12,19H,4,6,10,13-14H2,1-2H3,(H,23,24)/t19-/m0/s1. The van der Waals surface area contributed by atoms with E-state index < -0.39 is 0 Å². The maximum atomic E-state index is 12.9. The molecule has 1 atom stereocenters. The molecule has 6 nitrogen and oxygen atoms in total. The number of pyridine rings is 1. The lowest BCUT2D eigenvalue weighted by atomic mass is 10.2. The molecule has 140 valence electrons. The summed E-state index contributed by atoms with van der Waals surface area (Å²) in [7, 11) is 1.97. The minimum Gasteiger partial charge on any atom is -0.340 e. The summed E-state index contributed by atoms with van der Waals surface area (Å²) in [5, 5.41) is 0. The number of likely N-dealkylation sites (tertiary alicyclic amines) is 1. The third kappa shape index (κ3) is 3.85. The molecule has 2 aromatic heterocycles. The number of nitrogens with one attached hydrogen (secondary N) is 1. The molecule has 1 amide bonds. The monoisotopic (exact) mass is 363 g/mol. The summed E-state index contributed by atoms with van der Waals surface area (Å²) in [5.41, 5.74) is 4.31. The Kier molecular flexibility index (Phi) is 4.90. The van der Waals surface area contributed by atoms with Crippen molar-refractivity contribution >= 4 is 16.9 Å². The Labute approximate surface area is 159 Å². The van der Waals surface area contributed by atoms with Crippen LogP contribution in [0.25, 0.3) is 11.0 Å². The Morgan fingerprint density at radius 3 is 3.07 bits per heavy atom. The molecule has 1 aliphatic heterocycles. The molecule has 3 heterocycles. The van der Waals surface area contributed by atoms with E-state index in [4.69, 9.17) is 4.98 Å². The number of amides is 1. The lowest BCUT2D eigenvalue weighted by molar-refractivity contribution is -0.133. The quantitative estimate of drug-likeness (QED) is 0.757. The van der Waals surface area contributed by atoms with Crippen LogP contribution in [0.2, 0.25) is 0 Å². The van der Waals surface area contributed by atoms with Crippen LogP contribution < -0.4 is 0 Å². The van der Waals surface area contributed by atoms with Crippen molar-refractivity contribution in [1.29, 1.82) is 0 Å². The number of H-pyrrole nitrogens is 1. The molecular formula is C21H25N5O. The molecule has 0 radical (unpaired) electrons. The van der Waals surface area contributed by atoms with E-state index >= 15 is 0 Å². The molecule has 1 N–H and O–H groups in total. The number of benzene rings is 1. The first kappa shape index (κ1) is 17.7. The summed E-state index contributed by atoms with van der Waals surface area (Å²) >= 11 is 0. The first-order valence-electron chi connectivity index (χ1n) is 9.43. The van der Waals surface area contributed by atoms with E-state index in [1.807, 2.05) is 41.2 Å². The number of likely N-dealkylation sites (N-methyl/N-ethyl adjacent to an activating group) is 1. The van der Waals surface area contributed by atoms with E-state index in [-0.39, 0.29) is 11.9 Å². The van der Waals surface area contributed by atoms with Crippen molar-refractivity contribution in [2.75, 3.05) is 20.1 Å². The lowest BCUT2D eigenvalue weighted by Crippen LogP contribution is -2.38. The van der Waals surface area contributed by atoms with Crippen LogP contribution in [-0.2, 0) is 11.3 Å². The molecular weight excluding hydrogens is 338 g/mol. The molecule has 3 aromatic rings. The number of imidazole rings is 1. The minimum atomic E-state index is 0.0389. The number of nitrogens with zero attached hydrogens (tertiary/aromatic N) is 4. The Hall–Kier alpha value is -2.73. The summed E-state index contributed by atoms with van der Waals surface area (Å²) in [6.45, 7) is 3.97. The number of hydrogen-bond donors (Lipinski definition) is 1. The summed E-state index contributed by atoms with van der Waals surface area (Å²) in [4.78, 5) is 29.3. The number of aromatic nitrogens is 3. The fourth-order valence-corrected chi connectivity index (χ4v) is 3.83. The third-order valence-corrected chi connectivity index (χ3v) is 5.12. The van der Waals surface area contributed by atoms with Gasteiger partial charge in [-0.2, -0.15) is 0 Å². The van der Waals surface area contributed by atoms with Gasteiger partial charge in [-0.1, -0.05) is 12.1 Å². The van der Waals surface area contributed by atoms with E-state index in [0.717, 1.165) is 41.8 Å². The summed E-state index contributed by atoms with van der Waals surface area (Å²) in [5.74, 6) is 1.05. The highest BCUT2D eigenvalue weighted by atomic mass is 16.2.